The summed E-state index contributed by atoms with van der Waals surface area (Å²) in [7, 11) is 0. The van der Waals surface area contributed by atoms with E-state index >= 15 is 0 Å². The zero-order chi connectivity index (χ0) is 25.0. The minimum Gasteiger partial charge on any atom is -0.378 e. The van der Waals surface area contributed by atoms with Crippen LogP contribution in [0.1, 0.15) is 94.6 Å². The number of halogens is 5. The molecule has 3 fully saturated rings. The topological polar surface area (TPSA) is 9.23 Å². The van der Waals surface area contributed by atoms with Crippen LogP contribution in [0.3, 0.4) is 0 Å². The van der Waals surface area contributed by atoms with Crippen LogP contribution in [0.25, 0.3) is 0 Å². The van der Waals surface area contributed by atoms with Crippen molar-refractivity contribution in [2.45, 2.75) is 102 Å². The Balaban J connectivity index is 1.22. The van der Waals surface area contributed by atoms with Crippen LogP contribution in [0.5, 0.6) is 0 Å². The molecule has 196 valence electrons. The molecule has 2 atom stereocenters. The van der Waals surface area contributed by atoms with Gasteiger partial charge in [-0.15, -0.1) is 0 Å². The third-order valence-electron chi connectivity index (χ3n) is 8.75. The van der Waals surface area contributed by atoms with E-state index in [2.05, 4.69) is 13.0 Å². The molecule has 1 saturated heterocycles. The van der Waals surface area contributed by atoms with Gasteiger partial charge in [-0.3, -0.25) is 0 Å². The number of hydrogen-bond acceptors (Lipinski definition) is 1. The highest BCUT2D eigenvalue weighted by Crippen LogP contribution is 2.41. The average Bonchev–Trinajstić information content (AvgIpc) is 2.83. The highest BCUT2D eigenvalue weighted by molar-refractivity contribution is 5.27. The predicted octanol–water partition coefficient (Wildman–Crippen LogP) is 9.07. The van der Waals surface area contributed by atoms with Crippen molar-refractivity contribution in [1.82, 2.24) is 0 Å². The number of rotatable bonds is 6. The van der Waals surface area contributed by atoms with Gasteiger partial charge in [0.2, 0.25) is 0 Å². The minimum atomic E-state index is -4.60. The Kier molecular flexibility index (Phi) is 8.94. The molecule has 35 heavy (non-hydrogen) atoms. The summed E-state index contributed by atoms with van der Waals surface area (Å²) < 4.78 is 72.0. The molecule has 2 saturated carbocycles. The van der Waals surface area contributed by atoms with Crippen molar-refractivity contribution in [3.05, 3.63) is 47.0 Å². The molecule has 0 N–H and O–H groups in total. The van der Waals surface area contributed by atoms with E-state index < -0.39 is 17.9 Å². The van der Waals surface area contributed by atoms with E-state index in [0.717, 1.165) is 44.3 Å². The van der Waals surface area contributed by atoms with Crippen LogP contribution in [0, 0.1) is 29.5 Å². The van der Waals surface area contributed by atoms with E-state index in [1.165, 1.54) is 12.8 Å². The fraction of sp³-hybridized carbons (Fsp3) is 0.724. The standard InChI is InChI=1S/C29H39F5O/c1-19-2-15-28(35-18-19)24-12-9-21(10-13-24)25-14-11-22(26(30)16-25)6-3-20-4-7-23(8-5-20)27(31)17-29(32,33)34/h11,14,16-17,19-21,23-24,28H,2-10,12-13,15,18H2,1H3/b27-17-. The van der Waals surface area contributed by atoms with Crippen molar-refractivity contribution in [3.8, 4) is 0 Å². The van der Waals surface area contributed by atoms with Gasteiger partial charge in [0.25, 0.3) is 0 Å². The maximum absolute atomic E-state index is 14.9. The Hall–Kier alpha value is -1.43. The van der Waals surface area contributed by atoms with Gasteiger partial charge >= 0.3 is 6.18 Å². The second-order valence-corrected chi connectivity index (χ2v) is 11.3. The lowest BCUT2D eigenvalue weighted by Crippen LogP contribution is -2.33. The number of allylic oxidation sites excluding steroid dienone is 2. The highest BCUT2D eigenvalue weighted by atomic mass is 19.4. The minimum absolute atomic E-state index is 0.151. The van der Waals surface area contributed by atoms with Crippen molar-refractivity contribution < 1.29 is 26.7 Å². The second-order valence-electron chi connectivity index (χ2n) is 11.3. The van der Waals surface area contributed by atoms with E-state index in [1.54, 1.807) is 6.07 Å². The van der Waals surface area contributed by atoms with Gasteiger partial charge in [-0.05, 0) is 118 Å². The number of benzene rings is 1. The van der Waals surface area contributed by atoms with Gasteiger partial charge in [0, 0.05) is 12.5 Å². The lowest BCUT2D eigenvalue weighted by atomic mass is 9.75. The Labute approximate surface area is 206 Å². The van der Waals surface area contributed by atoms with Crippen molar-refractivity contribution in [2.75, 3.05) is 6.61 Å². The lowest BCUT2D eigenvalue weighted by molar-refractivity contribution is -0.0821. The second kappa shape index (κ2) is 11.7. The number of aryl methyl sites for hydroxylation is 1. The molecule has 0 bridgehead atoms. The lowest BCUT2D eigenvalue weighted by Gasteiger charge is -2.37. The van der Waals surface area contributed by atoms with Gasteiger partial charge in [0.1, 0.15) is 11.6 Å². The smallest absolute Gasteiger partial charge is 0.378 e. The molecular formula is C29H39F5O. The maximum atomic E-state index is 14.9. The molecule has 0 aromatic heterocycles. The van der Waals surface area contributed by atoms with E-state index in [-0.39, 0.29) is 11.9 Å². The molecule has 1 aliphatic heterocycles. The third kappa shape index (κ3) is 7.53. The fourth-order valence-corrected chi connectivity index (χ4v) is 6.48. The van der Waals surface area contributed by atoms with E-state index in [0.29, 0.717) is 67.4 Å². The molecule has 1 aromatic rings. The molecule has 0 spiro atoms. The molecule has 1 nitrogen and oxygen atoms in total. The molecule has 1 heterocycles. The van der Waals surface area contributed by atoms with Crippen LogP contribution in [0.4, 0.5) is 22.0 Å². The average molecular weight is 499 g/mol. The van der Waals surface area contributed by atoms with Crippen LogP contribution in [-0.2, 0) is 11.2 Å². The summed E-state index contributed by atoms with van der Waals surface area (Å²) in [5, 5.41) is 0. The first kappa shape index (κ1) is 26.6. The summed E-state index contributed by atoms with van der Waals surface area (Å²) in [4.78, 5) is 0. The first-order valence-corrected chi connectivity index (χ1v) is 13.5. The van der Waals surface area contributed by atoms with Gasteiger partial charge in [-0.1, -0.05) is 19.1 Å². The van der Waals surface area contributed by atoms with Gasteiger partial charge in [-0.2, -0.15) is 13.2 Å². The predicted molar refractivity (Wildman–Crippen MR) is 128 cm³/mol. The number of alkyl halides is 3. The van der Waals surface area contributed by atoms with Crippen molar-refractivity contribution in [2.24, 2.45) is 23.7 Å². The molecule has 1 aromatic carbocycles. The summed E-state index contributed by atoms with van der Waals surface area (Å²) in [5.74, 6) is 0.191. The quantitative estimate of drug-likeness (QED) is 0.356. The zero-order valence-corrected chi connectivity index (χ0v) is 20.8. The van der Waals surface area contributed by atoms with Gasteiger partial charge in [-0.25, -0.2) is 8.78 Å². The van der Waals surface area contributed by atoms with Crippen LogP contribution in [0.15, 0.2) is 30.1 Å². The van der Waals surface area contributed by atoms with Crippen LogP contribution in [-0.4, -0.2) is 18.9 Å². The molecule has 0 amide bonds. The van der Waals surface area contributed by atoms with Crippen LogP contribution >= 0.6 is 0 Å². The summed E-state index contributed by atoms with van der Waals surface area (Å²) >= 11 is 0. The monoisotopic (exact) mass is 498 g/mol. The fourth-order valence-electron chi connectivity index (χ4n) is 6.48. The van der Waals surface area contributed by atoms with Gasteiger partial charge < -0.3 is 4.74 Å². The van der Waals surface area contributed by atoms with Gasteiger partial charge in [0.05, 0.1) is 12.2 Å². The summed E-state index contributed by atoms with van der Waals surface area (Å²) in [6, 6.07) is 5.71. The molecule has 2 aliphatic carbocycles. The van der Waals surface area contributed by atoms with Crippen molar-refractivity contribution >= 4 is 0 Å². The molecular weight excluding hydrogens is 459 g/mol. The molecule has 0 radical (unpaired) electrons. The molecule has 4 rings (SSSR count). The van der Waals surface area contributed by atoms with Crippen LogP contribution < -0.4 is 0 Å². The highest BCUT2D eigenvalue weighted by Gasteiger charge is 2.32. The zero-order valence-electron chi connectivity index (χ0n) is 20.8. The van der Waals surface area contributed by atoms with E-state index in [4.69, 9.17) is 4.74 Å². The van der Waals surface area contributed by atoms with E-state index in [1.807, 2.05) is 6.07 Å². The number of ether oxygens (including phenoxy) is 1. The third-order valence-corrected chi connectivity index (χ3v) is 8.75. The molecule has 3 aliphatic rings. The Bertz CT molecular complexity index is 839. The summed E-state index contributed by atoms with van der Waals surface area (Å²) in [6.07, 6.45) is 6.13. The summed E-state index contributed by atoms with van der Waals surface area (Å²) in [5.41, 5.74) is 1.80. The normalized spacial score (nSPS) is 33.0. The van der Waals surface area contributed by atoms with E-state index in [9.17, 15) is 22.0 Å². The number of hydrogen-bond donors (Lipinski definition) is 0. The van der Waals surface area contributed by atoms with Crippen molar-refractivity contribution in [3.63, 3.8) is 0 Å². The largest absolute Gasteiger partial charge is 0.412 e. The molecule has 6 heteroatoms. The first-order valence-electron chi connectivity index (χ1n) is 13.5. The van der Waals surface area contributed by atoms with Gasteiger partial charge in [0.15, 0.2) is 0 Å². The van der Waals surface area contributed by atoms with Crippen molar-refractivity contribution in [1.29, 1.82) is 0 Å². The Morgan fingerprint density at radius 2 is 1.69 bits per heavy atom. The summed E-state index contributed by atoms with van der Waals surface area (Å²) in [6.45, 7) is 3.13. The maximum Gasteiger partial charge on any atom is 0.412 e. The SMILES string of the molecule is CC1CCC(C2CCC(c3ccc(CCC4CCC(/C(F)=C/C(F)(F)F)CC4)c(F)c3)CC2)OC1. The van der Waals surface area contributed by atoms with Crippen LogP contribution in [0.2, 0.25) is 0 Å². The first-order chi connectivity index (χ1) is 16.7. The molecule has 2 unspecified atom stereocenters. The Morgan fingerprint density at radius 1 is 0.971 bits per heavy atom. The Morgan fingerprint density at radius 3 is 2.29 bits per heavy atom.